The smallest absolute Gasteiger partial charge is 0.247 e. The summed E-state index contributed by atoms with van der Waals surface area (Å²) in [5.74, 6) is 0.581. The fourth-order valence-electron chi connectivity index (χ4n) is 3.00. The number of nitrogens with zero attached hydrogens (tertiary/aromatic N) is 1. The van der Waals surface area contributed by atoms with E-state index in [-0.39, 0.29) is 18.2 Å². The quantitative estimate of drug-likeness (QED) is 0.880. The summed E-state index contributed by atoms with van der Waals surface area (Å²) in [5.41, 5.74) is 0.749. The summed E-state index contributed by atoms with van der Waals surface area (Å²) < 4.78 is 5.58. The van der Waals surface area contributed by atoms with Crippen molar-refractivity contribution in [1.82, 2.24) is 4.90 Å². The highest BCUT2D eigenvalue weighted by molar-refractivity contribution is 5.97. The number of carbonyl (C=O) groups is 2. The number of hydrogen-bond acceptors (Lipinski definition) is 3. The predicted octanol–water partition coefficient (Wildman–Crippen LogP) is 3.09. The number of rotatable bonds is 6. The fourth-order valence-corrected chi connectivity index (χ4v) is 3.00. The van der Waals surface area contributed by atoms with Gasteiger partial charge in [0.2, 0.25) is 11.8 Å². The molecule has 25 heavy (non-hydrogen) atoms. The monoisotopic (exact) mass is 338 g/mol. The number of ether oxygens (including phenoxy) is 1. The second kappa shape index (κ2) is 8.33. The number of benzene rings is 2. The summed E-state index contributed by atoms with van der Waals surface area (Å²) in [6.45, 7) is 0.934. The zero-order chi connectivity index (χ0) is 17.5. The Labute approximate surface area is 147 Å². The molecular weight excluding hydrogens is 316 g/mol. The summed E-state index contributed by atoms with van der Waals surface area (Å²) in [7, 11) is 0. The van der Waals surface area contributed by atoms with Crippen molar-refractivity contribution in [2.75, 3.05) is 18.5 Å². The van der Waals surface area contributed by atoms with Gasteiger partial charge in [-0.2, -0.15) is 0 Å². The summed E-state index contributed by atoms with van der Waals surface area (Å²) in [5, 5.41) is 2.89. The molecular formula is C20H22N2O3. The standard InChI is InChI=1S/C20H22N2O3/c23-19(13-15-25-17-10-5-2-6-11-17)22-14-7-12-18(22)20(24)21-16-8-3-1-4-9-16/h1-6,8-11,18H,7,12-15H2,(H,21,24)/t18-/m0/s1. The third-order valence-corrected chi connectivity index (χ3v) is 4.24. The molecule has 0 aliphatic carbocycles. The van der Waals surface area contributed by atoms with Crippen molar-refractivity contribution in [2.24, 2.45) is 0 Å². The lowest BCUT2D eigenvalue weighted by Crippen LogP contribution is -2.43. The molecule has 0 spiro atoms. The van der Waals surface area contributed by atoms with E-state index >= 15 is 0 Å². The number of amides is 2. The zero-order valence-corrected chi connectivity index (χ0v) is 14.1. The van der Waals surface area contributed by atoms with Gasteiger partial charge in [0.25, 0.3) is 0 Å². The molecule has 0 bridgehead atoms. The molecule has 0 aromatic heterocycles. The van der Waals surface area contributed by atoms with Crippen LogP contribution in [0.25, 0.3) is 0 Å². The van der Waals surface area contributed by atoms with Crippen LogP contribution in [-0.4, -0.2) is 35.9 Å². The van der Waals surface area contributed by atoms with Crippen molar-refractivity contribution in [1.29, 1.82) is 0 Å². The van der Waals surface area contributed by atoms with E-state index in [2.05, 4.69) is 5.32 Å². The largest absolute Gasteiger partial charge is 0.493 e. The molecule has 0 radical (unpaired) electrons. The van der Waals surface area contributed by atoms with Crippen molar-refractivity contribution in [3.05, 3.63) is 60.7 Å². The van der Waals surface area contributed by atoms with Gasteiger partial charge in [-0.25, -0.2) is 0 Å². The van der Waals surface area contributed by atoms with E-state index in [0.717, 1.165) is 17.9 Å². The second-order valence-corrected chi connectivity index (χ2v) is 6.01. The van der Waals surface area contributed by atoms with E-state index in [1.54, 1.807) is 4.90 Å². The van der Waals surface area contributed by atoms with Crippen molar-refractivity contribution >= 4 is 17.5 Å². The first-order valence-corrected chi connectivity index (χ1v) is 8.57. The Morgan fingerprint density at radius 1 is 1.04 bits per heavy atom. The molecule has 2 aromatic rings. The first kappa shape index (κ1) is 17.0. The Balaban J connectivity index is 1.51. The maximum absolute atomic E-state index is 12.5. The second-order valence-electron chi connectivity index (χ2n) is 6.01. The molecule has 0 saturated carbocycles. The summed E-state index contributed by atoms with van der Waals surface area (Å²) in [6.07, 6.45) is 1.81. The number of carbonyl (C=O) groups excluding carboxylic acids is 2. The lowest BCUT2D eigenvalue weighted by molar-refractivity contribution is -0.137. The first-order valence-electron chi connectivity index (χ1n) is 8.57. The van der Waals surface area contributed by atoms with Crippen LogP contribution in [-0.2, 0) is 9.59 Å². The fraction of sp³-hybridized carbons (Fsp3) is 0.300. The highest BCUT2D eigenvalue weighted by Crippen LogP contribution is 2.20. The molecule has 2 aromatic carbocycles. The van der Waals surface area contributed by atoms with Gasteiger partial charge in [0.1, 0.15) is 11.8 Å². The topological polar surface area (TPSA) is 58.6 Å². The van der Waals surface area contributed by atoms with E-state index in [0.29, 0.717) is 19.6 Å². The third kappa shape index (κ3) is 4.59. The molecule has 1 aliphatic rings. The van der Waals surface area contributed by atoms with Gasteiger partial charge >= 0.3 is 0 Å². The number of para-hydroxylation sites is 2. The Morgan fingerprint density at radius 3 is 2.44 bits per heavy atom. The normalized spacial score (nSPS) is 16.5. The minimum absolute atomic E-state index is 0.0401. The third-order valence-electron chi connectivity index (χ3n) is 4.24. The minimum Gasteiger partial charge on any atom is -0.493 e. The van der Waals surface area contributed by atoms with Gasteiger partial charge in [-0.3, -0.25) is 9.59 Å². The Morgan fingerprint density at radius 2 is 1.72 bits per heavy atom. The number of hydrogen-bond donors (Lipinski definition) is 1. The molecule has 3 rings (SSSR count). The number of anilines is 1. The van der Waals surface area contributed by atoms with Gasteiger partial charge in [-0.1, -0.05) is 36.4 Å². The molecule has 5 nitrogen and oxygen atoms in total. The lowest BCUT2D eigenvalue weighted by atomic mass is 10.2. The van der Waals surface area contributed by atoms with Crippen LogP contribution in [0.2, 0.25) is 0 Å². The highest BCUT2D eigenvalue weighted by atomic mass is 16.5. The average Bonchev–Trinajstić information content (AvgIpc) is 3.13. The molecule has 1 fully saturated rings. The van der Waals surface area contributed by atoms with E-state index < -0.39 is 6.04 Å². The lowest BCUT2D eigenvalue weighted by Gasteiger charge is -2.24. The van der Waals surface area contributed by atoms with Gasteiger partial charge in [-0.05, 0) is 37.1 Å². The van der Waals surface area contributed by atoms with E-state index in [1.807, 2.05) is 60.7 Å². The Bertz CT molecular complexity index is 703. The molecule has 1 aliphatic heterocycles. The zero-order valence-electron chi connectivity index (χ0n) is 14.1. The minimum atomic E-state index is -0.399. The summed E-state index contributed by atoms with van der Waals surface area (Å²) in [4.78, 5) is 26.6. The van der Waals surface area contributed by atoms with Crippen molar-refractivity contribution < 1.29 is 14.3 Å². The molecule has 1 saturated heterocycles. The van der Waals surface area contributed by atoms with Gasteiger partial charge < -0.3 is 15.0 Å². The van der Waals surface area contributed by atoms with Crippen LogP contribution in [0.1, 0.15) is 19.3 Å². The van der Waals surface area contributed by atoms with Crippen LogP contribution in [0.4, 0.5) is 5.69 Å². The van der Waals surface area contributed by atoms with E-state index in [9.17, 15) is 9.59 Å². The van der Waals surface area contributed by atoms with Gasteiger partial charge in [0.15, 0.2) is 0 Å². The van der Waals surface area contributed by atoms with E-state index in [1.165, 1.54) is 0 Å². The molecule has 5 heteroatoms. The van der Waals surface area contributed by atoms with Crippen LogP contribution >= 0.6 is 0 Å². The molecule has 1 atom stereocenters. The predicted molar refractivity (Wildman–Crippen MR) is 96.4 cm³/mol. The number of likely N-dealkylation sites (tertiary alicyclic amines) is 1. The van der Waals surface area contributed by atoms with Crippen LogP contribution in [0.3, 0.4) is 0 Å². The van der Waals surface area contributed by atoms with Crippen molar-refractivity contribution in [3.63, 3.8) is 0 Å². The maximum Gasteiger partial charge on any atom is 0.247 e. The molecule has 2 amide bonds. The Kier molecular flexibility index (Phi) is 5.67. The van der Waals surface area contributed by atoms with E-state index in [4.69, 9.17) is 4.74 Å². The number of nitrogens with one attached hydrogen (secondary N) is 1. The first-order chi connectivity index (χ1) is 12.2. The maximum atomic E-state index is 12.5. The molecule has 1 heterocycles. The molecule has 0 unspecified atom stereocenters. The van der Waals surface area contributed by atoms with Crippen LogP contribution in [0, 0.1) is 0 Å². The van der Waals surface area contributed by atoms with Gasteiger partial charge in [0.05, 0.1) is 13.0 Å². The summed E-state index contributed by atoms with van der Waals surface area (Å²) >= 11 is 0. The van der Waals surface area contributed by atoms with Crippen LogP contribution < -0.4 is 10.1 Å². The van der Waals surface area contributed by atoms with Crippen molar-refractivity contribution in [2.45, 2.75) is 25.3 Å². The average molecular weight is 338 g/mol. The van der Waals surface area contributed by atoms with Crippen LogP contribution in [0.5, 0.6) is 5.75 Å². The van der Waals surface area contributed by atoms with Crippen molar-refractivity contribution in [3.8, 4) is 5.75 Å². The highest BCUT2D eigenvalue weighted by Gasteiger charge is 2.33. The summed E-state index contributed by atoms with van der Waals surface area (Å²) in [6, 6.07) is 18.3. The van der Waals surface area contributed by atoms with Crippen LogP contribution in [0.15, 0.2) is 60.7 Å². The van der Waals surface area contributed by atoms with Gasteiger partial charge in [0, 0.05) is 12.2 Å². The molecule has 1 N–H and O–H groups in total. The van der Waals surface area contributed by atoms with Gasteiger partial charge in [-0.15, -0.1) is 0 Å². The Hall–Kier alpha value is -2.82. The molecule has 130 valence electrons. The SMILES string of the molecule is O=C(Nc1ccccc1)[C@@H]1CCCN1C(=O)CCOc1ccccc1.